The number of benzene rings is 2. The van der Waals surface area contributed by atoms with E-state index < -0.39 is 18.1 Å². The van der Waals surface area contributed by atoms with Crippen molar-refractivity contribution in [1.82, 2.24) is 15.5 Å². The van der Waals surface area contributed by atoms with Crippen molar-refractivity contribution in [2.45, 2.75) is 25.8 Å². The Bertz CT molecular complexity index is 1030. The number of fused-ring (bicyclic) bond motifs is 1. The Morgan fingerprint density at radius 1 is 1.07 bits per heavy atom. The molecule has 0 saturated heterocycles. The summed E-state index contributed by atoms with van der Waals surface area (Å²) < 4.78 is 5.07. The molecule has 7 heteroatoms. The molecule has 0 radical (unpaired) electrons. The van der Waals surface area contributed by atoms with Crippen molar-refractivity contribution >= 4 is 22.6 Å². The standard InChI is InChI=1S/C21H21N3O4/c1-14(11-12-15-7-3-2-4-8-15)22-18(25)13-28-21(27)19-16-9-5-6-10-17(16)20(26)24-23-19/h2-10,14H,11-13H2,1H3,(H,22,25)(H,24,26). The van der Waals surface area contributed by atoms with Crippen molar-refractivity contribution < 1.29 is 14.3 Å². The average Bonchev–Trinajstić information content (AvgIpc) is 2.72. The Kier molecular flexibility index (Phi) is 6.16. The van der Waals surface area contributed by atoms with Gasteiger partial charge in [-0.05, 0) is 31.4 Å². The molecule has 0 spiro atoms. The van der Waals surface area contributed by atoms with Crippen LogP contribution < -0.4 is 10.9 Å². The molecule has 3 aromatic rings. The van der Waals surface area contributed by atoms with Gasteiger partial charge in [0.25, 0.3) is 11.5 Å². The van der Waals surface area contributed by atoms with Crippen molar-refractivity contribution in [2.24, 2.45) is 0 Å². The summed E-state index contributed by atoms with van der Waals surface area (Å²) >= 11 is 0. The Hall–Kier alpha value is -3.48. The zero-order chi connectivity index (χ0) is 19.9. The predicted octanol–water partition coefficient (Wildman–Crippen LogP) is 2.22. The lowest BCUT2D eigenvalue weighted by molar-refractivity contribution is -0.124. The third-order valence-corrected chi connectivity index (χ3v) is 4.34. The van der Waals surface area contributed by atoms with Crippen LogP contribution in [0.15, 0.2) is 59.4 Å². The van der Waals surface area contributed by atoms with Crippen LogP contribution in [0.4, 0.5) is 0 Å². The van der Waals surface area contributed by atoms with Gasteiger partial charge in [-0.1, -0.05) is 48.5 Å². The number of carbonyl (C=O) groups excluding carboxylic acids is 2. The molecule has 2 N–H and O–H groups in total. The van der Waals surface area contributed by atoms with E-state index in [1.165, 1.54) is 5.56 Å². The minimum atomic E-state index is -0.764. The highest BCUT2D eigenvalue weighted by molar-refractivity contribution is 6.02. The van der Waals surface area contributed by atoms with Crippen molar-refractivity contribution in [2.75, 3.05) is 6.61 Å². The molecule has 1 atom stereocenters. The third-order valence-electron chi connectivity index (χ3n) is 4.34. The SMILES string of the molecule is CC(CCc1ccccc1)NC(=O)COC(=O)c1n[nH]c(=O)c2ccccc12. The fraction of sp³-hybridized carbons (Fsp3) is 0.238. The monoisotopic (exact) mass is 379 g/mol. The van der Waals surface area contributed by atoms with Crippen LogP contribution in [0.25, 0.3) is 10.8 Å². The first kappa shape index (κ1) is 19.3. The normalized spacial score (nSPS) is 11.8. The molecular weight excluding hydrogens is 358 g/mol. The van der Waals surface area contributed by atoms with Gasteiger partial charge in [-0.15, -0.1) is 0 Å². The molecule has 28 heavy (non-hydrogen) atoms. The van der Waals surface area contributed by atoms with Gasteiger partial charge in [0.05, 0.1) is 5.39 Å². The summed E-state index contributed by atoms with van der Waals surface area (Å²) in [6.45, 7) is 1.49. The van der Waals surface area contributed by atoms with Crippen molar-refractivity contribution in [3.05, 3.63) is 76.2 Å². The minimum Gasteiger partial charge on any atom is -0.451 e. The molecule has 0 aliphatic carbocycles. The topological polar surface area (TPSA) is 101 Å². The van der Waals surface area contributed by atoms with Crippen LogP contribution in [0, 0.1) is 0 Å². The smallest absolute Gasteiger partial charge is 0.359 e. The molecule has 144 valence electrons. The fourth-order valence-electron chi connectivity index (χ4n) is 2.89. The summed E-state index contributed by atoms with van der Waals surface area (Å²) in [4.78, 5) is 36.1. The van der Waals surface area contributed by atoms with Gasteiger partial charge >= 0.3 is 5.97 Å². The van der Waals surface area contributed by atoms with Gasteiger partial charge in [0.2, 0.25) is 0 Å². The number of carbonyl (C=O) groups is 2. The molecular formula is C21H21N3O4. The second-order valence-electron chi connectivity index (χ2n) is 6.52. The van der Waals surface area contributed by atoms with Gasteiger partial charge in [0.15, 0.2) is 12.3 Å². The van der Waals surface area contributed by atoms with Crippen LogP contribution in [-0.2, 0) is 16.0 Å². The zero-order valence-electron chi connectivity index (χ0n) is 15.5. The summed E-state index contributed by atoms with van der Waals surface area (Å²) in [5.74, 6) is -1.15. The number of amides is 1. The van der Waals surface area contributed by atoms with Crippen LogP contribution in [0.3, 0.4) is 0 Å². The first-order valence-electron chi connectivity index (χ1n) is 9.02. The molecule has 7 nitrogen and oxygen atoms in total. The van der Waals surface area contributed by atoms with Crippen LogP contribution in [-0.4, -0.2) is 34.7 Å². The highest BCUT2D eigenvalue weighted by atomic mass is 16.5. The molecule has 3 rings (SSSR count). The summed E-state index contributed by atoms with van der Waals surface area (Å²) in [6.07, 6.45) is 1.62. The molecule has 0 fully saturated rings. The number of aryl methyl sites for hydroxylation is 1. The number of rotatable bonds is 7. The lowest BCUT2D eigenvalue weighted by Gasteiger charge is -2.14. The van der Waals surface area contributed by atoms with E-state index in [1.807, 2.05) is 37.3 Å². The maximum atomic E-state index is 12.3. The number of H-pyrrole nitrogens is 1. The van der Waals surface area contributed by atoms with Crippen molar-refractivity contribution in [3.63, 3.8) is 0 Å². The first-order chi connectivity index (χ1) is 13.5. The second-order valence-corrected chi connectivity index (χ2v) is 6.52. The highest BCUT2D eigenvalue weighted by Gasteiger charge is 2.17. The van der Waals surface area contributed by atoms with Gasteiger partial charge in [0, 0.05) is 11.4 Å². The maximum Gasteiger partial charge on any atom is 0.359 e. The quantitative estimate of drug-likeness (QED) is 0.613. The van der Waals surface area contributed by atoms with E-state index in [0.29, 0.717) is 10.8 Å². The molecule has 1 heterocycles. The van der Waals surface area contributed by atoms with Gasteiger partial charge < -0.3 is 10.1 Å². The fourth-order valence-corrected chi connectivity index (χ4v) is 2.89. The number of esters is 1. The molecule has 0 aliphatic rings. The molecule has 0 saturated carbocycles. The summed E-state index contributed by atoms with van der Waals surface area (Å²) in [6, 6.07) is 16.5. The first-order valence-corrected chi connectivity index (χ1v) is 9.02. The van der Waals surface area contributed by atoms with Gasteiger partial charge in [-0.3, -0.25) is 9.59 Å². The van der Waals surface area contributed by atoms with Crippen LogP contribution in [0.5, 0.6) is 0 Å². The van der Waals surface area contributed by atoms with Crippen molar-refractivity contribution in [1.29, 1.82) is 0 Å². The third kappa shape index (κ3) is 4.82. The number of nitrogens with zero attached hydrogens (tertiary/aromatic N) is 1. The number of aromatic nitrogens is 2. The summed E-state index contributed by atoms with van der Waals surface area (Å²) in [5, 5.41) is 9.56. The number of aromatic amines is 1. The van der Waals surface area contributed by atoms with Gasteiger partial charge in [-0.2, -0.15) is 5.10 Å². The van der Waals surface area contributed by atoms with E-state index in [2.05, 4.69) is 15.5 Å². The second kappa shape index (κ2) is 8.94. The average molecular weight is 379 g/mol. The Morgan fingerprint density at radius 3 is 2.50 bits per heavy atom. The van der Waals surface area contributed by atoms with E-state index >= 15 is 0 Å². The number of nitrogens with one attached hydrogen (secondary N) is 2. The minimum absolute atomic E-state index is 0.0277. The Morgan fingerprint density at radius 2 is 1.75 bits per heavy atom. The van der Waals surface area contributed by atoms with E-state index in [-0.39, 0.29) is 17.6 Å². The largest absolute Gasteiger partial charge is 0.451 e. The Labute approximate surface area is 161 Å². The molecule has 2 aromatic carbocycles. The molecule has 0 bridgehead atoms. The van der Waals surface area contributed by atoms with Crippen LogP contribution in [0.2, 0.25) is 0 Å². The highest BCUT2D eigenvalue weighted by Crippen LogP contribution is 2.13. The summed E-state index contributed by atoms with van der Waals surface area (Å²) in [5.41, 5.74) is 0.781. The maximum absolute atomic E-state index is 12.3. The number of ether oxygens (including phenoxy) is 1. The van der Waals surface area contributed by atoms with Crippen LogP contribution in [0.1, 0.15) is 29.4 Å². The van der Waals surface area contributed by atoms with E-state index in [4.69, 9.17) is 4.74 Å². The Balaban J connectivity index is 1.52. The van der Waals surface area contributed by atoms with E-state index in [0.717, 1.165) is 12.8 Å². The van der Waals surface area contributed by atoms with E-state index in [1.54, 1.807) is 24.3 Å². The summed E-state index contributed by atoms with van der Waals surface area (Å²) in [7, 11) is 0. The molecule has 0 aliphatic heterocycles. The lowest BCUT2D eigenvalue weighted by Crippen LogP contribution is -2.36. The molecule has 1 aromatic heterocycles. The molecule has 1 amide bonds. The molecule has 1 unspecified atom stereocenters. The van der Waals surface area contributed by atoms with Crippen molar-refractivity contribution in [3.8, 4) is 0 Å². The zero-order valence-corrected chi connectivity index (χ0v) is 15.5. The number of hydrogen-bond acceptors (Lipinski definition) is 5. The number of hydrogen-bond donors (Lipinski definition) is 2. The predicted molar refractivity (Wildman–Crippen MR) is 105 cm³/mol. The van der Waals surface area contributed by atoms with Crippen LogP contribution >= 0.6 is 0 Å². The van der Waals surface area contributed by atoms with Gasteiger partial charge in [0.1, 0.15) is 0 Å². The lowest BCUT2D eigenvalue weighted by atomic mass is 10.1. The van der Waals surface area contributed by atoms with Gasteiger partial charge in [-0.25, -0.2) is 9.89 Å². The van der Waals surface area contributed by atoms with E-state index in [9.17, 15) is 14.4 Å².